The van der Waals surface area contributed by atoms with Crippen LogP contribution in [-0.2, 0) is 21.2 Å². The summed E-state index contributed by atoms with van der Waals surface area (Å²) in [5.41, 5.74) is 2.84. The zero-order valence-corrected chi connectivity index (χ0v) is 20.7. The van der Waals surface area contributed by atoms with Crippen LogP contribution in [0.1, 0.15) is 60.0 Å². The van der Waals surface area contributed by atoms with Crippen LogP contribution in [0.3, 0.4) is 0 Å². The van der Waals surface area contributed by atoms with Gasteiger partial charge in [-0.25, -0.2) is 8.42 Å². The van der Waals surface area contributed by atoms with Crippen molar-refractivity contribution in [2.45, 2.75) is 56.8 Å². The minimum Gasteiger partial charge on any atom is -0.343 e. The van der Waals surface area contributed by atoms with Gasteiger partial charge in [-0.3, -0.25) is 9.59 Å². The maximum absolute atomic E-state index is 12.8. The van der Waals surface area contributed by atoms with Gasteiger partial charge in [-0.2, -0.15) is 4.31 Å². The Balaban J connectivity index is 1.25. The average Bonchev–Trinajstić information content (AvgIpc) is 2.88. The number of Topliss-reactive ketones (excluding diaryl/α,β-unsaturated/α-hetero) is 1. The molecule has 7 heteroatoms. The van der Waals surface area contributed by atoms with Gasteiger partial charge in [0.1, 0.15) is 0 Å². The van der Waals surface area contributed by atoms with E-state index in [-0.39, 0.29) is 17.6 Å². The third kappa shape index (κ3) is 5.76. The summed E-state index contributed by atoms with van der Waals surface area (Å²) < 4.78 is 27.2. The molecule has 34 heavy (non-hydrogen) atoms. The lowest BCUT2D eigenvalue weighted by atomic mass is 9.88. The van der Waals surface area contributed by atoms with Crippen molar-refractivity contribution in [3.8, 4) is 0 Å². The zero-order valence-electron chi connectivity index (χ0n) is 19.9. The predicted octanol–water partition coefficient (Wildman–Crippen LogP) is 4.22. The number of sulfonamides is 1. The quantitative estimate of drug-likeness (QED) is 0.554. The van der Waals surface area contributed by atoms with Gasteiger partial charge in [-0.15, -0.1) is 0 Å². The molecule has 0 spiro atoms. The SMILES string of the molecule is Cc1ccc(C(=O)C2CCN(C(=O)CCc3ccc(S(=O)(=O)N4CCCCC4)cc3)CC2)cc1. The number of nitrogens with zero attached hydrogens (tertiary/aromatic N) is 2. The molecule has 182 valence electrons. The Morgan fingerprint density at radius 2 is 1.47 bits per heavy atom. The van der Waals surface area contributed by atoms with Crippen molar-refractivity contribution in [2.24, 2.45) is 5.92 Å². The Kier molecular flexibility index (Phi) is 7.84. The first kappa shape index (κ1) is 24.6. The summed E-state index contributed by atoms with van der Waals surface area (Å²) in [6.07, 6.45) is 5.26. The minimum atomic E-state index is -3.43. The standard InChI is InChI=1S/C27H34N2O4S/c1-21-5-10-23(11-6-21)27(31)24-15-19-28(20-16-24)26(30)14-9-22-7-12-25(13-8-22)34(32,33)29-17-3-2-4-18-29/h5-8,10-13,24H,2-4,9,14-20H2,1H3. The van der Waals surface area contributed by atoms with Crippen LogP contribution in [0.5, 0.6) is 0 Å². The van der Waals surface area contributed by atoms with Crippen LogP contribution in [0.15, 0.2) is 53.4 Å². The maximum atomic E-state index is 12.8. The lowest BCUT2D eigenvalue weighted by molar-refractivity contribution is -0.132. The van der Waals surface area contributed by atoms with Gasteiger partial charge in [0.25, 0.3) is 0 Å². The van der Waals surface area contributed by atoms with Crippen LogP contribution in [0.2, 0.25) is 0 Å². The molecule has 2 fully saturated rings. The second-order valence-electron chi connectivity index (χ2n) is 9.49. The lowest BCUT2D eigenvalue weighted by Crippen LogP contribution is -2.40. The third-order valence-corrected chi connectivity index (χ3v) is 8.97. The molecule has 0 radical (unpaired) electrons. The molecule has 2 aromatic carbocycles. The molecule has 2 aromatic rings. The number of likely N-dealkylation sites (tertiary alicyclic amines) is 1. The Hall–Kier alpha value is -2.51. The van der Waals surface area contributed by atoms with Gasteiger partial charge in [-0.05, 0) is 56.7 Å². The van der Waals surface area contributed by atoms with E-state index in [2.05, 4.69) is 0 Å². The number of ketones is 1. The number of carbonyl (C=O) groups is 2. The van der Waals surface area contributed by atoms with Crippen LogP contribution in [0, 0.1) is 12.8 Å². The van der Waals surface area contributed by atoms with E-state index in [0.29, 0.717) is 56.8 Å². The molecule has 0 aliphatic carbocycles. The van der Waals surface area contributed by atoms with Crippen molar-refractivity contribution in [2.75, 3.05) is 26.2 Å². The summed E-state index contributed by atoms with van der Waals surface area (Å²) in [6, 6.07) is 14.6. The highest BCUT2D eigenvalue weighted by molar-refractivity contribution is 7.89. The highest BCUT2D eigenvalue weighted by Crippen LogP contribution is 2.24. The molecule has 0 unspecified atom stereocenters. The van der Waals surface area contributed by atoms with Gasteiger partial charge < -0.3 is 4.90 Å². The normalized spacial score (nSPS) is 18.1. The fraction of sp³-hybridized carbons (Fsp3) is 0.481. The molecule has 2 heterocycles. The van der Waals surface area contributed by atoms with Crippen LogP contribution < -0.4 is 0 Å². The fourth-order valence-corrected chi connectivity index (χ4v) is 6.35. The van der Waals surface area contributed by atoms with Gasteiger partial charge in [0.15, 0.2) is 5.78 Å². The molecule has 4 rings (SSSR count). The monoisotopic (exact) mass is 482 g/mol. The number of aryl methyl sites for hydroxylation is 2. The number of carbonyl (C=O) groups excluding carboxylic acids is 2. The molecule has 0 atom stereocenters. The molecule has 2 aliphatic rings. The minimum absolute atomic E-state index is 0.0267. The molecule has 2 saturated heterocycles. The van der Waals surface area contributed by atoms with Gasteiger partial charge in [0.2, 0.25) is 15.9 Å². The number of piperidine rings is 2. The first-order valence-electron chi connectivity index (χ1n) is 12.3. The zero-order chi connectivity index (χ0) is 24.1. The molecular formula is C27H34N2O4S. The number of rotatable bonds is 7. The summed E-state index contributed by atoms with van der Waals surface area (Å²) in [5.74, 6) is 0.235. The molecule has 1 amide bonds. The summed E-state index contributed by atoms with van der Waals surface area (Å²) >= 11 is 0. The van der Waals surface area contributed by atoms with Gasteiger partial charge in [0.05, 0.1) is 4.90 Å². The number of benzene rings is 2. The number of amides is 1. The van der Waals surface area contributed by atoms with E-state index in [0.717, 1.165) is 36.0 Å². The highest BCUT2D eigenvalue weighted by Gasteiger charge is 2.28. The molecule has 0 bridgehead atoms. The molecule has 0 saturated carbocycles. The largest absolute Gasteiger partial charge is 0.343 e. The molecular weight excluding hydrogens is 448 g/mol. The average molecular weight is 483 g/mol. The topological polar surface area (TPSA) is 74.8 Å². The first-order valence-corrected chi connectivity index (χ1v) is 13.8. The van der Waals surface area contributed by atoms with E-state index >= 15 is 0 Å². The van der Waals surface area contributed by atoms with E-state index in [1.54, 1.807) is 16.4 Å². The summed E-state index contributed by atoms with van der Waals surface area (Å²) in [6.45, 7) is 4.39. The number of hydrogen-bond acceptors (Lipinski definition) is 4. The van der Waals surface area contributed by atoms with Crippen molar-refractivity contribution in [3.63, 3.8) is 0 Å². The lowest BCUT2D eigenvalue weighted by Gasteiger charge is -2.31. The Bertz CT molecular complexity index is 1100. The van der Waals surface area contributed by atoms with Crippen molar-refractivity contribution in [1.29, 1.82) is 0 Å². The van der Waals surface area contributed by atoms with Gasteiger partial charge >= 0.3 is 0 Å². The second-order valence-corrected chi connectivity index (χ2v) is 11.4. The molecule has 6 nitrogen and oxygen atoms in total. The van der Waals surface area contributed by atoms with Crippen molar-refractivity contribution >= 4 is 21.7 Å². The third-order valence-electron chi connectivity index (χ3n) is 7.06. The van der Waals surface area contributed by atoms with E-state index in [4.69, 9.17) is 0 Å². The number of hydrogen-bond donors (Lipinski definition) is 0. The first-order chi connectivity index (χ1) is 16.3. The van der Waals surface area contributed by atoms with Gasteiger partial charge in [-0.1, -0.05) is 48.4 Å². The van der Waals surface area contributed by atoms with Crippen molar-refractivity contribution in [3.05, 3.63) is 65.2 Å². The Morgan fingerprint density at radius 1 is 0.853 bits per heavy atom. The maximum Gasteiger partial charge on any atom is 0.243 e. The van der Waals surface area contributed by atoms with E-state index in [9.17, 15) is 18.0 Å². The summed E-state index contributed by atoms with van der Waals surface area (Å²) in [4.78, 5) is 27.7. The van der Waals surface area contributed by atoms with Crippen molar-refractivity contribution < 1.29 is 18.0 Å². The summed E-state index contributed by atoms with van der Waals surface area (Å²) in [7, 11) is -3.43. The van der Waals surface area contributed by atoms with Gasteiger partial charge in [0, 0.05) is 44.1 Å². The van der Waals surface area contributed by atoms with E-state index < -0.39 is 10.0 Å². The van der Waals surface area contributed by atoms with Crippen LogP contribution in [0.4, 0.5) is 0 Å². The highest BCUT2D eigenvalue weighted by atomic mass is 32.2. The second kappa shape index (κ2) is 10.8. The molecule has 2 aliphatic heterocycles. The smallest absolute Gasteiger partial charge is 0.243 e. The van der Waals surface area contributed by atoms with Crippen LogP contribution in [0.25, 0.3) is 0 Å². The Labute approximate surface area is 203 Å². The van der Waals surface area contributed by atoms with Crippen LogP contribution >= 0.6 is 0 Å². The summed E-state index contributed by atoms with van der Waals surface area (Å²) in [5, 5.41) is 0. The van der Waals surface area contributed by atoms with Crippen LogP contribution in [-0.4, -0.2) is 55.5 Å². The predicted molar refractivity (Wildman–Crippen MR) is 132 cm³/mol. The van der Waals surface area contributed by atoms with Crippen molar-refractivity contribution in [1.82, 2.24) is 9.21 Å². The van der Waals surface area contributed by atoms with E-state index in [1.165, 1.54) is 0 Å². The molecule has 0 aromatic heterocycles. The van der Waals surface area contributed by atoms with E-state index in [1.807, 2.05) is 48.2 Å². The Morgan fingerprint density at radius 3 is 2.09 bits per heavy atom. The molecule has 0 N–H and O–H groups in total. The fourth-order valence-electron chi connectivity index (χ4n) is 4.84.